The molecule has 0 aromatic carbocycles. The highest BCUT2D eigenvalue weighted by Crippen LogP contribution is 2.58. The van der Waals surface area contributed by atoms with Gasteiger partial charge in [0.1, 0.15) is 0 Å². The smallest absolute Gasteiger partial charge is 0.325 e. The Balaban J connectivity index is 1.81. The Bertz CT molecular complexity index is 309. The van der Waals surface area contributed by atoms with Gasteiger partial charge in [0.2, 0.25) is 0 Å². The minimum Gasteiger partial charge on any atom is -0.351 e. The number of hydrogen-bond acceptors (Lipinski definition) is 2. The quantitative estimate of drug-likeness (QED) is 0.794. The number of urea groups is 1. The second-order valence-corrected chi connectivity index (χ2v) is 7.64. The van der Waals surface area contributed by atoms with Crippen LogP contribution in [0.2, 0.25) is 0 Å². The number of amides is 2. The van der Waals surface area contributed by atoms with Crippen LogP contribution in [0.15, 0.2) is 0 Å². The number of hydrogen-bond donors (Lipinski definition) is 1. The van der Waals surface area contributed by atoms with Gasteiger partial charge in [0.05, 0.1) is 5.54 Å². The molecule has 2 N–H and O–H groups in total. The van der Waals surface area contributed by atoms with Gasteiger partial charge in [-0.05, 0) is 74.6 Å². The Morgan fingerprint density at radius 2 is 1.72 bits per heavy atom. The molecule has 0 aromatic rings. The molecular weight excluding hydrogens is 244 g/mol. The average molecular weight is 268 g/mol. The minimum absolute atomic E-state index is 0.112. The van der Waals surface area contributed by atoms with Crippen molar-refractivity contribution < 1.29 is 4.79 Å². The SMILES string of the molecule is CCCSN(C(N)=O)C12CC3CC(CC(C3)C1)C2. The Morgan fingerprint density at radius 3 is 2.11 bits per heavy atom. The highest BCUT2D eigenvalue weighted by molar-refractivity contribution is 7.97. The van der Waals surface area contributed by atoms with E-state index in [1.165, 1.54) is 38.5 Å². The summed E-state index contributed by atoms with van der Waals surface area (Å²) in [5, 5.41) is 0. The van der Waals surface area contributed by atoms with E-state index in [1.807, 2.05) is 4.31 Å². The molecule has 0 unspecified atom stereocenters. The van der Waals surface area contributed by atoms with Crippen LogP contribution in [0, 0.1) is 17.8 Å². The fourth-order valence-electron chi connectivity index (χ4n) is 4.93. The third-order valence-corrected chi connectivity index (χ3v) is 6.48. The van der Waals surface area contributed by atoms with Crippen LogP contribution < -0.4 is 5.73 Å². The third-order valence-electron chi connectivity index (χ3n) is 5.06. The van der Waals surface area contributed by atoms with E-state index in [0.717, 1.165) is 29.9 Å². The number of nitrogens with zero attached hydrogens (tertiary/aromatic N) is 1. The number of rotatable bonds is 4. The second-order valence-electron chi connectivity index (χ2n) is 6.61. The molecule has 4 bridgehead atoms. The summed E-state index contributed by atoms with van der Waals surface area (Å²) < 4.78 is 1.97. The predicted molar refractivity (Wildman–Crippen MR) is 75.1 cm³/mol. The van der Waals surface area contributed by atoms with Crippen molar-refractivity contribution >= 4 is 18.0 Å². The molecule has 102 valence electrons. The highest BCUT2D eigenvalue weighted by atomic mass is 32.2. The largest absolute Gasteiger partial charge is 0.351 e. The van der Waals surface area contributed by atoms with Crippen LogP contribution >= 0.6 is 11.9 Å². The van der Waals surface area contributed by atoms with E-state index in [2.05, 4.69) is 6.92 Å². The predicted octanol–water partition coefficient (Wildman–Crippen LogP) is 3.39. The lowest BCUT2D eigenvalue weighted by Crippen LogP contribution is -2.60. The van der Waals surface area contributed by atoms with E-state index in [9.17, 15) is 4.79 Å². The van der Waals surface area contributed by atoms with Crippen molar-refractivity contribution in [3.8, 4) is 0 Å². The van der Waals surface area contributed by atoms with E-state index in [4.69, 9.17) is 5.73 Å². The summed E-state index contributed by atoms with van der Waals surface area (Å²) in [5.41, 5.74) is 5.78. The van der Waals surface area contributed by atoms with Gasteiger partial charge in [-0.1, -0.05) is 6.92 Å². The normalized spacial score (nSPS) is 41.1. The molecule has 2 amide bonds. The Kier molecular flexibility index (Phi) is 3.25. The van der Waals surface area contributed by atoms with E-state index >= 15 is 0 Å². The molecule has 0 aromatic heterocycles. The van der Waals surface area contributed by atoms with Crippen molar-refractivity contribution in [1.29, 1.82) is 0 Å². The molecule has 4 fully saturated rings. The van der Waals surface area contributed by atoms with Crippen LogP contribution in [-0.4, -0.2) is 21.6 Å². The van der Waals surface area contributed by atoms with Gasteiger partial charge >= 0.3 is 6.03 Å². The first-order valence-electron chi connectivity index (χ1n) is 7.35. The summed E-state index contributed by atoms with van der Waals surface area (Å²) in [5.74, 6) is 3.59. The van der Waals surface area contributed by atoms with Crippen LogP contribution in [0.5, 0.6) is 0 Å². The number of nitrogens with two attached hydrogens (primary N) is 1. The van der Waals surface area contributed by atoms with Crippen LogP contribution in [0.25, 0.3) is 0 Å². The first-order chi connectivity index (χ1) is 8.63. The van der Waals surface area contributed by atoms with Crippen molar-refractivity contribution in [2.24, 2.45) is 23.5 Å². The molecule has 0 atom stereocenters. The lowest BCUT2D eigenvalue weighted by atomic mass is 9.53. The molecule has 4 rings (SSSR count). The summed E-state index contributed by atoms with van der Waals surface area (Å²) >= 11 is 1.68. The van der Waals surface area contributed by atoms with Gasteiger partial charge in [0.15, 0.2) is 0 Å². The zero-order chi connectivity index (χ0) is 12.8. The fraction of sp³-hybridized carbons (Fsp3) is 0.929. The maximum atomic E-state index is 11.8. The standard InChI is InChI=1S/C14H24N2OS/c1-2-3-18-16(13(15)17)14-7-10-4-11(8-14)6-12(5-10)9-14/h10-12H,2-9H2,1H3,(H2,15,17). The number of carbonyl (C=O) groups is 1. The summed E-state index contributed by atoms with van der Waals surface area (Å²) in [6, 6.07) is -0.213. The first kappa shape index (κ1) is 12.6. The molecule has 0 heterocycles. The molecule has 18 heavy (non-hydrogen) atoms. The Morgan fingerprint density at radius 1 is 1.22 bits per heavy atom. The third kappa shape index (κ3) is 2.02. The molecule has 0 aliphatic heterocycles. The number of carbonyl (C=O) groups excluding carboxylic acids is 1. The molecular formula is C14H24N2OS. The molecule has 0 radical (unpaired) electrons. The van der Waals surface area contributed by atoms with Gasteiger partial charge in [-0.25, -0.2) is 4.79 Å². The molecule has 0 spiro atoms. The summed E-state index contributed by atoms with van der Waals surface area (Å²) in [7, 11) is 0. The Hall–Kier alpha value is -0.380. The van der Waals surface area contributed by atoms with E-state index in [1.54, 1.807) is 11.9 Å². The molecule has 0 saturated heterocycles. The zero-order valence-electron chi connectivity index (χ0n) is 11.2. The van der Waals surface area contributed by atoms with E-state index < -0.39 is 0 Å². The molecule has 4 aliphatic carbocycles. The van der Waals surface area contributed by atoms with Crippen molar-refractivity contribution in [1.82, 2.24) is 4.31 Å². The average Bonchev–Trinajstić information content (AvgIpc) is 2.26. The van der Waals surface area contributed by atoms with Crippen molar-refractivity contribution in [2.75, 3.05) is 5.75 Å². The van der Waals surface area contributed by atoms with Gasteiger partial charge in [0, 0.05) is 5.75 Å². The molecule has 3 nitrogen and oxygen atoms in total. The highest BCUT2D eigenvalue weighted by Gasteiger charge is 2.54. The lowest BCUT2D eigenvalue weighted by Gasteiger charge is -2.59. The molecule has 4 heteroatoms. The van der Waals surface area contributed by atoms with Gasteiger partial charge < -0.3 is 5.73 Å². The first-order valence-corrected chi connectivity index (χ1v) is 8.30. The van der Waals surface area contributed by atoms with Crippen LogP contribution in [0.3, 0.4) is 0 Å². The van der Waals surface area contributed by atoms with Gasteiger partial charge in [-0.15, -0.1) is 0 Å². The maximum absolute atomic E-state index is 11.8. The summed E-state index contributed by atoms with van der Waals surface area (Å²) in [4.78, 5) is 11.8. The zero-order valence-corrected chi connectivity index (χ0v) is 12.0. The van der Waals surface area contributed by atoms with Gasteiger partial charge in [-0.3, -0.25) is 4.31 Å². The molecule has 4 aliphatic rings. The van der Waals surface area contributed by atoms with Crippen LogP contribution in [-0.2, 0) is 0 Å². The van der Waals surface area contributed by atoms with Gasteiger partial charge in [0.25, 0.3) is 0 Å². The van der Waals surface area contributed by atoms with Crippen molar-refractivity contribution in [3.05, 3.63) is 0 Å². The molecule has 4 saturated carbocycles. The van der Waals surface area contributed by atoms with E-state index in [-0.39, 0.29) is 11.6 Å². The van der Waals surface area contributed by atoms with Gasteiger partial charge in [-0.2, -0.15) is 0 Å². The topological polar surface area (TPSA) is 46.3 Å². The minimum atomic E-state index is -0.213. The fourth-order valence-corrected chi connectivity index (χ4v) is 5.92. The van der Waals surface area contributed by atoms with Crippen molar-refractivity contribution in [3.63, 3.8) is 0 Å². The van der Waals surface area contributed by atoms with E-state index in [0.29, 0.717) is 0 Å². The lowest BCUT2D eigenvalue weighted by molar-refractivity contribution is -0.0404. The monoisotopic (exact) mass is 268 g/mol. The number of primary amides is 1. The maximum Gasteiger partial charge on any atom is 0.325 e. The summed E-state index contributed by atoms with van der Waals surface area (Å²) in [6.45, 7) is 2.16. The van der Waals surface area contributed by atoms with Crippen LogP contribution in [0.1, 0.15) is 51.9 Å². The second kappa shape index (κ2) is 4.62. The Labute approximate surface area is 114 Å². The van der Waals surface area contributed by atoms with Crippen molar-refractivity contribution in [2.45, 2.75) is 57.4 Å². The summed E-state index contributed by atoms with van der Waals surface area (Å²) in [6.07, 6.45) is 8.94. The van der Waals surface area contributed by atoms with Crippen LogP contribution in [0.4, 0.5) is 4.79 Å².